The number of carbonyl (C=O) groups is 2. The summed E-state index contributed by atoms with van der Waals surface area (Å²) in [6.07, 6.45) is 1.44. The van der Waals surface area contributed by atoms with Gasteiger partial charge in [-0.15, -0.1) is 0 Å². The molecule has 13 heavy (non-hydrogen) atoms. The first-order valence-corrected chi connectivity index (χ1v) is 4.60. The maximum Gasteiger partial charge on any atom is 0.309 e. The van der Waals surface area contributed by atoms with Crippen LogP contribution in [-0.2, 0) is 14.3 Å². The van der Waals surface area contributed by atoms with Crippen molar-refractivity contribution in [2.75, 3.05) is 6.61 Å². The van der Waals surface area contributed by atoms with E-state index in [-0.39, 0.29) is 17.7 Å². The Bertz CT molecular complexity index is 215. The summed E-state index contributed by atoms with van der Waals surface area (Å²) < 4.78 is 4.86. The van der Waals surface area contributed by atoms with E-state index in [4.69, 9.17) is 10.5 Å². The molecule has 2 atom stereocenters. The molecule has 1 aliphatic rings. The van der Waals surface area contributed by atoms with Crippen LogP contribution in [0.4, 0.5) is 0 Å². The zero-order valence-electron chi connectivity index (χ0n) is 7.79. The van der Waals surface area contributed by atoms with Gasteiger partial charge >= 0.3 is 5.97 Å². The first kappa shape index (κ1) is 10.2. The van der Waals surface area contributed by atoms with Crippen molar-refractivity contribution in [2.45, 2.75) is 32.2 Å². The minimum absolute atomic E-state index is 0.0561. The SMILES string of the molecule is CCOC(=O)[C@H]1CCC(=O)[C@H](N)C1. The molecule has 1 rings (SSSR count). The van der Waals surface area contributed by atoms with Gasteiger partial charge in [0.25, 0.3) is 0 Å². The maximum absolute atomic E-state index is 11.3. The average molecular weight is 185 g/mol. The van der Waals surface area contributed by atoms with Crippen molar-refractivity contribution >= 4 is 11.8 Å². The van der Waals surface area contributed by atoms with E-state index >= 15 is 0 Å². The normalized spacial score (nSPS) is 28.6. The number of nitrogens with two attached hydrogens (primary N) is 1. The Hall–Kier alpha value is -0.900. The topological polar surface area (TPSA) is 69.4 Å². The van der Waals surface area contributed by atoms with E-state index in [9.17, 15) is 9.59 Å². The lowest BCUT2D eigenvalue weighted by Crippen LogP contribution is -2.39. The van der Waals surface area contributed by atoms with Gasteiger partial charge in [-0.25, -0.2) is 0 Å². The third-order valence-electron chi connectivity index (χ3n) is 2.31. The molecule has 4 nitrogen and oxygen atoms in total. The van der Waals surface area contributed by atoms with Gasteiger partial charge in [-0.2, -0.15) is 0 Å². The van der Waals surface area contributed by atoms with Crippen LogP contribution in [0.1, 0.15) is 26.2 Å². The Morgan fingerprint density at radius 2 is 2.38 bits per heavy atom. The second-order valence-corrected chi connectivity index (χ2v) is 3.30. The van der Waals surface area contributed by atoms with Crippen molar-refractivity contribution in [3.05, 3.63) is 0 Å². The van der Waals surface area contributed by atoms with E-state index in [1.165, 1.54) is 0 Å². The summed E-state index contributed by atoms with van der Waals surface area (Å²) in [4.78, 5) is 22.3. The van der Waals surface area contributed by atoms with E-state index in [0.717, 1.165) is 0 Å². The second-order valence-electron chi connectivity index (χ2n) is 3.30. The highest BCUT2D eigenvalue weighted by Crippen LogP contribution is 2.21. The molecule has 0 heterocycles. The number of Topliss-reactive ketones (excluding diaryl/α,β-unsaturated/α-hetero) is 1. The fourth-order valence-electron chi connectivity index (χ4n) is 1.53. The number of carbonyl (C=O) groups excluding carboxylic acids is 2. The smallest absolute Gasteiger partial charge is 0.309 e. The van der Waals surface area contributed by atoms with E-state index in [2.05, 4.69) is 0 Å². The first-order valence-electron chi connectivity index (χ1n) is 4.60. The molecule has 0 aromatic carbocycles. The highest BCUT2D eigenvalue weighted by molar-refractivity contribution is 5.86. The zero-order chi connectivity index (χ0) is 9.84. The van der Waals surface area contributed by atoms with Crippen LogP contribution in [0.3, 0.4) is 0 Å². The van der Waals surface area contributed by atoms with Crippen molar-refractivity contribution in [3.63, 3.8) is 0 Å². The van der Waals surface area contributed by atoms with Gasteiger partial charge in [-0.3, -0.25) is 9.59 Å². The number of ether oxygens (including phenoxy) is 1. The molecule has 4 heteroatoms. The second kappa shape index (κ2) is 4.37. The predicted octanol–water partition coefficient (Wildman–Crippen LogP) is 0.246. The molecule has 0 aromatic rings. The first-order chi connectivity index (χ1) is 6.15. The van der Waals surface area contributed by atoms with Gasteiger partial charge in [0.05, 0.1) is 18.6 Å². The van der Waals surface area contributed by atoms with Gasteiger partial charge in [0.15, 0.2) is 0 Å². The Morgan fingerprint density at radius 1 is 1.69 bits per heavy atom. The van der Waals surface area contributed by atoms with Crippen molar-refractivity contribution < 1.29 is 14.3 Å². The lowest BCUT2D eigenvalue weighted by molar-refractivity contribution is -0.149. The largest absolute Gasteiger partial charge is 0.466 e. The van der Waals surface area contributed by atoms with Gasteiger partial charge in [0.2, 0.25) is 0 Å². The molecule has 0 amide bonds. The third kappa shape index (κ3) is 2.52. The number of hydrogen-bond donors (Lipinski definition) is 1. The summed E-state index contributed by atoms with van der Waals surface area (Å²) in [5.41, 5.74) is 5.55. The lowest BCUT2D eigenvalue weighted by Gasteiger charge is -2.23. The molecule has 0 unspecified atom stereocenters. The predicted molar refractivity (Wildman–Crippen MR) is 47.0 cm³/mol. The number of ketones is 1. The van der Waals surface area contributed by atoms with Crippen LogP contribution in [0.2, 0.25) is 0 Å². The molecule has 1 fully saturated rings. The molecule has 1 saturated carbocycles. The number of esters is 1. The highest BCUT2D eigenvalue weighted by Gasteiger charge is 2.30. The van der Waals surface area contributed by atoms with Crippen molar-refractivity contribution in [2.24, 2.45) is 11.7 Å². The van der Waals surface area contributed by atoms with Crippen LogP contribution in [0.25, 0.3) is 0 Å². The van der Waals surface area contributed by atoms with E-state index in [1.54, 1.807) is 6.92 Å². The summed E-state index contributed by atoms with van der Waals surface area (Å²) in [5, 5.41) is 0. The van der Waals surface area contributed by atoms with E-state index in [1.807, 2.05) is 0 Å². The summed E-state index contributed by atoms with van der Waals surface area (Å²) in [5.74, 6) is -0.335. The lowest BCUT2D eigenvalue weighted by atomic mass is 9.85. The summed E-state index contributed by atoms with van der Waals surface area (Å²) in [6.45, 7) is 2.16. The van der Waals surface area contributed by atoms with Crippen LogP contribution < -0.4 is 5.73 Å². The third-order valence-corrected chi connectivity index (χ3v) is 2.31. The average Bonchev–Trinajstić information content (AvgIpc) is 2.10. The van der Waals surface area contributed by atoms with Gasteiger partial charge in [-0.05, 0) is 19.8 Å². The molecule has 0 radical (unpaired) electrons. The molecule has 0 aliphatic heterocycles. The molecule has 2 N–H and O–H groups in total. The standard InChI is InChI=1S/C9H15NO3/c1-2-13-9(12)6-3-4-8(11)7(10)5-6/h6-7H,2-5,10H2,1H3/t6-,7+/m0/s1. The van der Waals surface area contributed by atoms with E-state index in [0.29, 0.717) is 25.9 Å². The number of hydrogen-bond acceptors (Lipinski definition) is 4. The van der Waals surface area contributed by atoms with Gasteiger partial charge < -0.3 is 10.5 Å². The minimum Gasteiger partial charge on any atom is -0.466 e. The fraction of sp³-hybridized carbons (Fsp3) is 0.778. The Morgan fingerprint density at radius 3 is 2.92 bits per heavy atom. The van der Waals surface area contributed by atoms with Crippen molar-refractivity contribution in [1.29, 1.82) is 0 Å². The molecular formula is C9H15NO3. The van der Waals surface area contributed by atoms with Crippen LogP contribution in [0.15, 0.2) is 0 Å². The Labute approximate surface area is 77.4 Å². The molecule has 74 valence electrons. The highest BCUT2D eigenvalue weighted by atomic mass is 16.5. The monoisotopic (exact) mass is 185 g/mol. The molecule has 0 spiro atoms. The Kier molecular flexibility index (Phi) is 3.42. The summed E-state index contributed by atoms with van der Waals surface area (Å²) in [6, 6.07) is -0.469. The molecule has 0 bridgehead atoms. The molecule has 1 aliphatic carbocycles. The molecule has 0 aromatic heterocycles. The molecular weight excluding hydrogens is 170 g/mol. The zero-order valence-corrected chi connectivity index (χ0v) is 7.79. The van der Waals surface area contributed by atoms with Gasteiger partial charge in [0, 0.05) is 6.42 Å². The van der Waals surface area contributed by atoms with Crippen LogP contribution in [-0.4, -0.2) is 24.4 Å². The summed E-state index contributed by atoms with van der Waals surface area (Å²) in [7, 11) is 0. The van der Waals surface area contributed by atoms with Gasteiger partial charge in [0.1, 0.15) is 5.78 Å². The van der Waals surface area contributed by atoms with E-state index < -0.39 is 6.04 Å². The maximum atomic E-state index is 11.3. The summed E-state index contributed by atoms with van der Waals surface area (Å²) >= 11 is 0. The van der Waals surface area contributed by atoms with Crippen molar-refractivity contribution in [1.82, 2.24) is 0 Å². The number of rotatable bonds is 2. The van der Waals surface area contributed by atoms with Crippen LogP contribution in [0.5, 0.6) is 0 Å². The van der Waals surface area contributed by atoms with Crippen LogP contribution >= 0.6 is 0 Å². The van der Waals surface area contributed by atoms with Crippen LogP contribution in [0, 0.1) is 5.92 Å². The fourth-order valence-corrected chi connectivity index (χ4v) is 1.53. The quantitative estimate of drug-likeness (QED) is 0.626. The Balaban J connectivity index is 2.45. The minimum atomic E-state index is -0.469. The molecule has 0 saturated heterocycles. The van der Waals surface area contributed by atoms with Crippen molar-refractivity contribution in [3.8, 4) is 0 Å². The van der Waals surface area contributed by atoms with Gasteiger partial charge in [-0.1, -0.05) is 0 Å².